The summed E-state index contributed by atoms with van der Waals surface area (Å²) in [6.07, 6.45) is 3.17. The molecule has 19 heavy (non-hydrogen) atoms. The van der Waals surface area contributed by atoms with Crippen LogP contribution in [0.25, 0.3) is 16.6 Å². The highest BCUT2D eigenvalue weighted by molar-refractivity contribution is 5.93. The van der Waals surface area contributed by atoms with Gasteiger partial charge in [-0.25, -0.2) is 14.6 Å². The van der Waals surface area contributed by atoms with Crippen LogP contribution < -0.4 is 5.73 Å². The van der Waals surface area contributed by atoms with Crippen molar-refractivity contribution in [2.45, 2.75) is 0 Å². The Bertz CT molecular complexity index is 758. The summed E-state index contributed by atoms with van der Waals surface area (Å²) < 4.78 is 1.50. The lowest BCUT2D eigenvalue weighted by Gasteiger charge is -2.03. The maximum Gasteiger partial charge on any atom is 0.220 e. The number of nitrogens with zero attached hydrogens (tertiary/aromatic N) is 5. The lowest BCUT2D eigenvalue weighted by molar-refractivity contribution is 0.318. The molecule has 94 valence electrons. The van der Waals surface area contributed by atoms with Gasteiger partial charge in [-0.05, 0) is 11.5 Å². The molecule has 3 N–H and O–H groups in total. The van der Waals surface area contributed by atoms with Gasteiger partial charge in [0.1, 0.15) is 6.33 Å². The minimum atomic E-state index is -0.140. The first-order chi connectivity index (χ1) is 9.29. The van der Waals surface area contributed by atoms with Gasteiger partial charge in [-0.2, -0.15) is 0 Å². The highest BCUT2D eigenvalue weighted by Gasteiger charge is 2.10. The number of benzene rings is 1. The zero-order valence-electron chi connectivity index (χ0n) is 9.80. The Morgan fingerprint density at radius 2 is 2.05 bits per heavy atom. The standard InChI is InChI=1S/C12H10N6O/c13-10(17-19)11-15-7-18(16-11)12-9-4-2-1-3-8(9)5-6-14-12/h1-7,19H,(H2,13,17). The van der Waals surface area contributed by atoms with Crippen molar-refractivity contribution in [2.24, 2.45) is 10.9 Å². The molecule has 0 saturated carbocycles. The quantitative estimate of drug-likeness (QED) is 0.306. The lowest BCUT2D eigenvalue weighted by atomic mass is 10.2. The molecule has 1 aromatic carbocycles. The van der Waals surface area contributed by atoms with E-state index in [9.17, 15) is 0 Å². The van der Waals surface area contributed by atoms with E-state index in [1.807, 2.05) is 30.3 Å². The molecule has 0 radical (unpaired) electrons. The molecule has 0 aliphatic rings. The van der Waals surface area contributed by atoms with E-state index in [2.05, 4.69) is 20.2 Å². The van der Waals surface area contributed by atoms with E-state index in [0.717, 1.165) is 10.8 Å². The first kappa shape index (κ1) is 11.1. The van der Waals surface area contributed by atoms with Crippen LogP contribution in [0.2, 0.25) is 0 Å². The van der Waals surface area contributed by atoms with Gasteiger partial charge in [0.2, 0.25) is 11.7 Å². The van der Waals surface area contributed by atoms with E-state index in [4.69, 9.17) is 10.9 Å². The Morgan fingerprint density at radius 3 is 2.89 bits per heavy atom. The van der Waals surface area contributed by atoms with Crippen LogP contribution >= 0.6 is 0 Å². The Morgan fingerprint density at radius 1 is 1.21 bits per heavy atom. The second kappa shape index (κ2) is 4.37. The second-order valence-corrected chi connectivity index (χ2v) is 3.85. The third-order valence-electron chi connectivity index (χ3n) is 2.70. The van der Waals surface area contributed by atoms with Crippen LogP contribution in [0, 0.1) is 0 Å². The van der Waals surface area contributed by atoms with Gasteiger partial charge in [-0.1, -0.05) is 29.4 Å². The van der Waals surface area contributed by atoms with Crippen molar-refractivity contribution in [3.8, 4) is 5.82 Å². The molecular formula is C12H10N6O. The van der Waals surface area contributed by atoms with E-state index < -0.39 is 0 Å². The van der Waals surface area contributed by atoms with Crippen LogP contribution in [0.1, 0.15) is 5.82 Å². The second-order valence-electron chi connectivity index (χ2n) is 3.85. The van der Waals surface area contributed by atoms with E-state index >= 15 is 0 Å². The normalized spacial score (nSPS) is 11.9. The maximum atomic E-state index is 8.60. The molecule has 0 aliphatic carbocycles. The van der Waals surface area contributed by atoms with Crippen molar-refractivity contribution in [3.05, 3.63) is 48.7 Å². The third kappa shape index (κ3) is 1.86. The van der Waals surface area contributed by atoms with E-state index in [1.165, 1.54) is 11.0 Å². The van der Waals surface area contributed by atoms with Gasteiger partial charge >= 0.3 is 0 Å². The molecule has 2 aromatic heterocycles. The van der Waals surface area contributed by atoms with Gasteiger partial charge in [-0.15, -0.1) is 5.10 Å². The monoisotopic (exact) mass is 254 g/mol. The zero-order chi connectivity index (χ0) is 13.2. The molecule has 2 heterocycles. The molecule has 7 nitrogen and oxygen atoms in total. The van der Waals surface area contributed by atoms with Gasteiger partial charge < -0.3 is 10.9 Å². The molecule has 0 spiro atoms. The lowest BCUT2D eigenvalue weighted by Crippen LogP contribution is -2.15. The Hall–Kier alpha value is -2.96. The summed E-state index contributed by atoms with van der Waals surface area (Å²) >= 11 is 0. The zero-order valence-corrected chi connectivity index (χ0v) is 9.80. The number of rotatable bonds is 2. The molecule has 0 amide bonds. The SMILES string of the molecule is N/C(=N/O)c1ncn(-c2nccc3ccccc23)n1. The van der Waals surface area contributed by atoms with Crippen molar-refractivity contribution >= 4 is 16.6 Å². The predicted molar refractivity (Wildman–Crippen MR) is 69.2 cm³/mol. The molecule has 7 heteroatoms. The Labute approximate surface area is 108 Å². The van der Waals surface area contributed by atoms with Crippen LogP contribution in [0.15, 0.2) is 48.0 Å². The molecule has 0 atom stereocenters. The summed E-state index contributed by atoms with van der Waals surface area (Å²) in [7, 11) is 0. The van der Waals surface area contributed by atoms with Gasteiger partial charge in [0.05, 0.1) is 0 Å². The molecule has 3 rings (SSSR count). The highest BCUT2D eigenvalue weighted by atomic mass is 16.4. The number of pyridine rings is 1. The first-order valence-electron chi connectivity index (χ1n) is 5.53. The predicted octanol–water partition coefficient (Wildman–Crippen LogP) is 0.910. The van der Waals surface area contributed by atoms with Gasteiger partial charge in [0, 0.05) is 11.6 Å². The van der Waals surface area contributed by atoms with Crippen LogP contribution in [0.5, 0.6) is 0 Å². The van der Waals surface area contributed by atoms with E-state index in [-0.39, 0.29) is 11.7 Å². The molecule has 0 aliphatic heterocycles. The third-order valence-corrected chi connectivity index (χ3v) is 2.70. The number of hydrogen-bond acceptors (Lipinski definition) is 5. The molecule has 0 saturated heterocycles. The summed E-state index contributed by atoms with van der Waals surface area (Å²) in [5, 5.41) is 17.6. The smallest absolute Gasteiger partial charge is 0.220 e. The molecular weight excluding hydrogens is 244 g/mol. The molecule has 0 fully saturated rings. The van der Waals surface area contributed by atoms with Crippen LogP contribution in [-0.4, -0.2) is 30.8 Å². The Kier molecular flexibility index (Phi) is 2.57. The fraction of sp³-hybridized carbons (Fsp3) is 0. The number of aromatic nitrogens is 4. The summed E-state index contributed by atoms with van der Waals surface area (Å²) in [5.41, 5.74) is 5.44. The summed E-state index contributed by atoms with van der Waals surface area (Å²) in [6.45, 7) is 0. The van der Waals surface area contributed by atoms with Crippen molar-refractivity contribution in [1.82, 2.24) is 19.7 Å². The van der Waals surface area contributed by atoms with Crippen molar-refractivity contribution in [1.29, 1.82) is 0 Å². The minimum Gasteiger partial charge on any atom is -0.409 e. The highest BCUT2D eigenvalue weighted by Crippen LogP contribution is 2.18. The number of oxime groups is 1. The van der Waals surface area contributed by atoms with Crippen molar-refractivity contribution < 1.29 is 5.21 Å². The average Bonchev–Trinajstić information content (AvgIpc) is 2.95. The topological polar surface area (TPSA) is 102 Å². The Balaban J connectivity index is 2.17. The van der Waals surface area contributed by atoms with Gasteiger partial charge in [0.25, 0.3) is 0 Å². The van der Waals surface area contributed by atoms with Gasteiger partial charge in [0.15, 0.2) is 5.82 Å². The number of hydrogen-bond donors (Lipinski definition) is 2. The number of nitrogens with two attached hydrogens (primary N) is 1. The fourth-order valence-corrected chi connectivity index (χ4v) is 1.81. The molecule has 0 unspecified atom stereocenters. The number of fused-ring (bicyclic) bond motifs is 1. The summed E-state index contributed by atoms with van der Waals surface area (Å²) in [6, 6.07) is 9.73. The van der Waals surface area contributed by atoms with Crippen molar-refractivity contribution in [2.75, 3.05) is 0 Å². The van der Waals surface area contributed by atoms with Crippen LogP contribution in [0.4, 0.5) is 0 Å². The van der Waals surface area contributed by atoms with E-state index in [1.54, 1.807) is 6.20 Å². The minimum absolute atomic E-state index is 0.140. The van der Waals surface area contributed by atoms with E-state index in [0.29, 0.717) is 5.82 Å². The van der Waals surface area contributed by atoms with Crippen LogP contribution in [-0.2, 0) is 0 Å². The molecule has 3 aromatic rings. The molecule has 0 bridgehead atoms. The first-order valence-corrected chi connectivity index (χ1v) is 5.53. The average molecular weight is 254 g/mol. The fourth-order valence-electron chi connectivity index (χ4n) is 1.81. The van der Waals surface area contributed by atoms with Crippen molar-refractivity contribution in [3.63, 3.8) is 0 Å². The van der Waals surface area contributed by atoms with Crippen LogP contribution in [0.3, 0.4) is 0 Å². The summed E-state index contributed by atoms with van der Waals surface area (Å²) in [4.78, 5) is 8.26. The summed E-state index contributed by atoms with van der Waals surface area (Å²) in [5.74, 6) is 0.652. The largest absolute Gasteiger partial charge is 0.409 e. The van der Waals surface area contributed by atoms with Gasteiger partial charge in [-0.3, -0.25) is 0 Å². The number of amidine groups is 1. The maximum absolute atomic E-state index is 8.60.